The molecule has 0 saturated heterocycles. The fraction of sp³-hybridized carbons (Fsp3) is 0.481. The van der Waals surface area contributed by atoms with E-state index in [0.29, 0.717) is 12.8 Å². The van der Waals surface area contributed by atoms with Crippen LogP contribution in [0.4, 0.5) is 18.9 Å². The van der Waals surface area contributed by atoms with Gasteiger partial charge in [0.25, 0.3) is 5.91 Å². The van der Waals surface area contributed by atoms with Crippen molar-refractivity contribution in [2.24, 2.45) is 5.92 Å². The quantitative estimate of drug-likeness (QED) is 0.221. The molecule has 1 fully saturated rings. The smallest absolute Gasteiger partial charge is 0.406 e. The lowest BCUT2D eigenvalue weighted by molar-refractivity contribution is -0.274. The summed E-state index contributed by atoms with van der Waals surface area (Å²) in [5.74, 6) is -2.57. The van der Waals surface area contributed by atoms with Crippen molar-refractivity contribution in [3.63, 3.8) is 0 Å². The minimum absolute atomic E-state index is 0.0610. The van der Waals surface area contributed by atoms with Crippen LogP contribution in [0.3, 0.4) is 0 Å². The van der Waals surface area contributed by atoms with E-state index in [9.17, 15) is 31.2 Å². The van der Waals surface area contributed by atoms with Gasteiger partial charge in [0.2, 0.25) is 5.91 Å². The summed E-state index contributed by atoms with van der Waals surface area (Å²) in [5, 5.41) is 8.65. The largest absolute Gasteiger partial charge is 0.573 e. The summed E-state index contributed by atoms with van der Waals surface area (Å²) in [7, 11) is -3.63. The average molecular weight is 617 g/mol. The van der Waals surface area contributed by atoms with Crippen molar-refractivity contribution in [2.75, 3.05) is 24.3 Å². The zero-order valence-corrected chi connectivity index (χ0v) is 24.6. The number of nitrogens with two attached hydrogens (primary N) is 1. The maximum absolute atomic E-state index is 13.2. The van der Waals surface area contributed by atoms with Crippen LogP contribution in [0.15, 0.2) is 52.3 Å². The van der Waals surface area contributed by atoms with Crippen LogP contribution in [0.5, 0.6) is 5.75 Å². The van der Waals surface area contributed by atoms with Crippen molar-refractivity contribution in [3.05, 3.63) is 48.0 Å². The summed E-state index contributed by atoms with van der Waals surface area (Å²) in [6.45, 7) is 3.51. The molecule has 0 aromatic heterocycles. The zero-order chi connectivity index (χ0) is 30.4. The third kappa shape index (κ3) is 9.82. The number of alkyl halides is 3. The Bertz CT molecular complexity index is 1320. The highest BCUT2D eigenvalue weighted by Gasteiger charge is 2.35. The first-order chi connectivity index (χ1) is 19.2. The lowest BCUT2D eigenvalue weighted by Gasteiger charge is -2.37. The maximum atomic E-state index is 13.2. The number of ether oxygens (including phenoxy) is 1. The normalized spacial score (nSPS) is 19.5. The van der Waals surface area contributed by atoms with Crippen LogP contribution in [0.2, 0.25) is 0 Å². The molecule has 0 radical (unpaired) electrons. The van der Waals surface area contributed by atoms with Crippen LogP contribution in [-0.4, -0.2) is 63.3 Å². The Morgan fingerprint density at radius 2 is 1.80 bits per heavy atom. The zero-order valence-electron chi connectivity index (χ0n) is 23.0. The van der Waals surface area contributed by atoms with E-state index in [-0.39, 0.29) is 39.9 Å². The Morgan fingerprint density at radius 3 is 2.41 bits per heavy atom. The summed E-state index contributed by atoms with van der Waals surface area (Å²) >= 11 is 1.51. The number of rotatable bonds is 11. The number of benzene rings is 2. The van der Waals surface area contributed by atoms with E-state index < -0.39 is 46.4 Å². The number of anilines is 1. The molecule has 0 spiro atoms. The van der Waals surface area contributed by atoms with Crippen LogP contribution in [0, 0.1) is 5.92 Å². The number of thioether (sulfide) groups is 1. The molecule has 226 valence electrons. The highest BCUT2D eigenvalue weighted by Crippen LogP contribution is 2.30. The van der Waals surface area contributed by atoms with Gasteiger partial charge in [-0.1, -0.05) is 13.8 Å². The number of hydrogen-bond acceptors (Lipinski definition) is 8. The lowest BCUT2D eigenvalue weighted by atomic mass is 9.82. The minimum atomic E-state index is -4.95. The van der Waals surface area contributed by atoms with Gasteiger partial charge in [-0.3, -0.25) is 9.59 Å². The standard InChI is InChI=1S/C27H35F3N4O5S2/c1-16(2)33-18-5-4-17(15-41(37,38)21-9-7-20(40-3)8-10-21)24(12-18)34-25(35)14-32-26(36)22-13-19(6-11-23(22)31)39-27(28,29)30/h6-11,13,16-18,24,33H,4-5,12,14-15,31H2,1-3H3,(H,32,36)(H,34,35)/t17-,18+,24+/m1/s1. The van der Waals surface area contributed by atoms with Crippen LogP contribution < -0.4 is 26.4 Å². The lowest BCUT2D eigenvalue weighted by Crippen LogP contribution is -2.53. The first-order valence-electron chi connectivity index (χ1n) is 13.0. The molecular weight excluding hydrogens is 581 g/mol. The van der Waals surface area contributed by atoms with E-state index in [1.165, 1.54) is 11.8 Å². The van der Waals surface area contributed by atoms with Gasteiger partial charge in [-0.2, -0.15) is 0 Å². The van der Waals surface area contributed by atoms with Crippen molar-refractivity contribution < 1.29 is 35.9 Å². The molecule has 0 bridgehead atoms. The average Bonchev–Trinajstić information content (AvgIpc) is 2.88. The monoisotopic (exact) mass is 616 g/mol. The van der Waals surface area contributed by atoms with E-state index in [0.717, 1.165) is 29.5 Å². The molecule has 41 heavy (non-hydrogen) atoms. The second-order valence-corrected chi connectivity index (χ2v) is 13.1. The molecule has 1 saturated carbocycles. The summed E-state index contributed by atoms with van der Waals surface area (Å²) < 4.78 is 68.0. The number of amides is 2. The molecule has 3 rings (SSSR count). The first kappa shape index (κ1) is 32.5. The number of carbonyl (C=O) groups excluding carboxylic acids is 2. The predicted octanol–water partition coefficient (Wildman–Crippen LogP) is 3.74. The van der Waals surface area contributed by atoms with E-state index in [1.807, 2.05) is 20.1 Å². The third-order valence-corrected chi connectivity index (χ3v) is 9.27. The summed E-state index contributed by atoms with van der Waals surface area (Å²) in [4.78, 5) is 26.6. The second-order valence-electron chi connectivity index (χ2n) is 10.2. The van der Waals surface area contributed by atoms with E-state index >= 15 is 0 Å². The van der Waals surface area contributed by atoms with Gasteiger partial charge in [0.1, 0.15) is 5.75 Å². The molecule has 2 aromatic carbocycles. The van der Waals surface area contributed by atoms with E-state index in [1.54, 1.807) is 24.3 Å². The molecule has 0 heterocycles. The van der Waals surface area contributed by atoms with Crippen molar-refractivity contribution in [1.82, 2.24) is 16.0 Å². The molecule has 0 aliphatic heterocycles. The van der Waals surface area contributed by atoms with Gasteiger partial charge in [0, 0.05) is 28.7 Å². The fourth-order valence-corrected chi connectivity index (χ4v) is 6.95. The molecule has 5 N–H and O–H groups in total. The Balaban J connectivity index is 1.68. The molecule has 0 unspecified atom stereocenters. The van der Waals surface area contributed by atoms with Gasteiger partial charge in [0.15, 0.2) is 9.84 Å². The number of carbonyl (C=O) groups is 2. The second kappa shape index (κ2) is 13.8. The minimum Gasteiger partial charge on any atom is -0.406 e. The first-order valence-corrected chi connectivity index (χ1v) is 15.9. The van der Waals surface area contributed by atoms with Gasteiger partial charge in [-0.25, -0.2) is 8.42 Å². The Kier molecular flexibility index (Phi) is 11.0. The van der Waals surface area contributed by atoms with Crippen LogP contribution in [0.25, 0.3) is 0 Å². The van der Waals surface area contributed by atoms with Crippen LogP contribution in [0.1, 0.15) is 43.5 Å². The van der Waals surface area contributed by atoms with Crippen molar-refractivity contribution in [2.45, 2.75) is 67.4 Å². The Labute approximate surface area is 242 Å². The number of halogens is 3. The van der Waals surface area contributed by atoms with Gasteiger partial charge in [-0.05, 0) is 73.9 Å². The number of hydrogen-bond donors (Lipinski definition) is 4. The highest BCUT2D eigenvalue weighted by molar-refractivity contribution is 7.98. The topological polar surface area (TPSA) is 140 Å². The van der Waals surface area contributed by atoms with Gasteiger partial charge >= 0.3 is 6.36 Å². The molecule has 9 nitrogen and oxygen atoms in total. The third-order valence-electron chi connectivity index (χ3n) is 6.67. The van der Waals surface area contributed by atoms with Crippen molar-refractivity contribution in [3.8, 4) is 5.75 Å². The molecule has 3 atom stereocenters. The number of nitrogens with one attached hydrogen (secondary N) is 3. The Hall–Kier alpha value is -2.97. The van der Waals surface area contributed by atoms with E-state index in [2.05, 4.69) is 20.7 Å². The SMILES string of the molecule is CSc1ccc(S(=O)(=O)C[C@H]2CC[C@H](NC(C)C)C[C@@H]2NC(=O)CNC(=O)c2cc(OC(F)(F)F)ccc2N)cc1. The summed E-state index contributed by atoms with van der Waals surface area (Å²) in [5.41, 5.74) is 5.37. The van der Waals surface area contributed by atoms with Crippen LogP contribution >= 0.6 is 11.8 Å². The van der Waals surface area contributed by atoms with Crippen LogP contribution in [-0.2, 0) is 14.6 Å². The molecule has 2 aromatic rings. The predicted molar refractivity (Wildman–Crippen MR) is 151 cm³/mol. The van der Waals surface area contributed by atoms with E-state index in [4.69, 9.17) is 5.73 Å². The molecule has 1 aliphatic rings. The van der Waals surface area contributed by atoms with Crippen molar-refractivity contribution in [1.29, 1.82) is 0 Å². The number of nitrogen functional groups attached to an aromatic ring is 1. The van der Waals surface area contributed by atoms with Gasteiger partial charge < -0.3 is 26.4 Å². The molecule has 1 aliphatic carbocycles. The van der Waals surface area contributed by atoms with Gasteiger partial charge in [0.05, 0.1) is 22.8 Å². The van der Waals surface area contributed by atoms with Crippen molar-refractivity contribution >= 4 is 39.1 Å². The molecule has 2 amide bonds. The molecule has 14 heteroatoms. The Morgan fingerprint density at radius 1 is 1.12 bits per heavy atom. The summed E-state index contributed by atoms with van der Waals surface area (Å²) in [6, 6.07) is 9.33. The number of sulfone groups is 1. The maximum Gasteiger partial charge on any atom is 0.573 e. The summed E-state index contributed by atoms with van der Waals surface area (Å²) in [6.07, 6.45) is -1.26. The highest BCUT2D eigenvalue weighted by atomic mass is 32.2. The van der Waals surface area contributed by atoms with Gasteiger partial charge in [-0.15, -0.1) is 24.9 Å². The fourth-order valence-electron chi connectivity index (χ4n) is 4.84. The molecular formula is C27H35F3N4O5S2.